The highest BCUT2D eigenvalue weighted by molar-refractivity contribution is 6.30. The molecule has 2 N–H and O–H groups in total. The Balaban J connectivity index is 1.63. The molecule has 0 saturated carbocycles. The van der Waals surface area contributed by atoms with Crippen molar-refractivity contribution in [2.24, 2.45) is 5.92 Å². The largest absolute Gasteiger partial charge is 0.441 e. The first kappa shape index (κ1) is 22.6. The van der Waals surface area contributed by atoms with E-state index < -0.39 is 0 Å². The minimum Gasteiger partial charge on any atom is -0.441 e. The van der Waals surface area contributed by atoms with Gasteiger partial charge in [0, 0.05) is 22.7 Å². The number of anilines is 1. The van der Waals surface area contributed by atoms with Gasteiger partial charge in [0.15, 0.2) is 0 Å². The summed E-state index contributed by atoms with van der Waals surface area (Å²) in [6.07, 6.45) is 0.698. The number of hydrogen-bond acceptors (Lipinski definition) is 4. The van der Waals surface area contributed by atoms with Crippen molar-refractivity contribution in [2.45, 2.75) is 40.2 Å². The summed E-state index contributed by atoms with van der Waals surface area (Å²) < 4.78 is 5.80. The number of hydrogen-bond donors (Lipinski definition) is 2. The normalized spacial score (nSPS) is 10.9. The van der Waals surface area contributed by atoms with Gasteiger partial charge in [-0.25, -0.2) is 4.98 Å². The van der Waals surface area contributed by atoms with Crippen molar-refractivity contribution >= 4 is 29.1 Å². The Hall–Kier alpha value is -3.12. The number of nitrogens with zero attached hydrogens (tertiary/aromatic N) is 1. The highest BCUT2D eigenvalue weighted by Gasteiger charge is 2.14. The summed E-state index contributed by atoms with van der Waals surface area (Å²) in [5, 5.41) is 6.37. The number of aromatic nitrogens is 1. The summed E-state index contributed by atoms with van der Waals surface area (Å²) in [4.78, 5) is 28.8. The van der Waals surface area contributed by atoms with Crippen molar-refractivity contribution in [3.8, 4) is 11.5 Å². The first-order valence-electron chi connectivity index (χ1n) is 10.2. The topological polar surface area (TPSA) is 84.2 Å². The molecule has 0 saturated heterocycles. The van der Waals surface area contributed by atoms with Gasteiger partial charge in [-0.15, -0.1) is 0 Å². The van der Waals surface area contributed by atoms with Crippen molar-refractivity contribution in [3.05, 3.63) is 70.6 Å². The molecule has 1 aromatic heterocycles. The molecule has 0 aliphatic rings. The Morgan fingerprint density at radius 1 is 1.10 bits per heavy atom. The number of amides is 2. The highest BCUT2D eigenvalue weighted by Crippen LogP contribution is 2.24. The molecule has 2 aromatic carbocycles. The summed E-state index contributed by atoms with van der Waals surface area (Å²) in [5.74, 6) is 1.21. The SMILES string of the molecule is Cc1oc(-c2cccc(NC(=O)CC(C)C)c2)nc1CNC(=O)Cc1cccc(Cl)c1. The summed E-state index contributed by atoms with van der Waals surface area (Å²) in [6.45, 7) is 6.07. The third-order valence-electron chi connectivity index (χ3n) is 4.59. The second-order valence-corrected chi connectivity index (χ2v) is 8.27. The van der Waals surface area contributed by atoms with E-state index in [1.807, 2.05) is 57.2 Å². The van der Waals surface area contributed by atoms with E-state index >= 15 is 0 Å². The molecule has 0 bridgehead atoms. The lowest BCUT2D eigenvalue weighted by Gasteiger charge is -2.07. The van der Waals surface area contributed by atoms with Crippen LogP contribution in [-0.4, -0.2) is 16.8 Å². The van der Waals surface area contributed by atoms with E-state index in [9.17, 15) is 9.59 Å². The molecule has 31 heavy (non-hydrogen) atoms. The second kappa shape index (κ2) is 10.3. The number of carbonyl (C=O) groups is 2. The third-order valence-corrected chi connectivity index (χ3v) is 4.82. The number of oxazole rings is 1. The molecule has 6 nitrogen and oxygen atoms in total. The average molecular weight is 440 g/mol. The molecule has 7 heteroatoms. The second-order valence-electron chi connectivity index (χ2n) is 7.83. The van der Waals surface area contributed by atoms with E-state index in [-0.39, 0.29) is 30.7 Å². The Labute approximate surface area is 187 Å². The van der Waals surface area contributed by atoms with Crippen molar-refractivity contribution in [1.82, 2.24) is 10.3 Å². The Kier molecular flexibility index (Phi) is 7.47. The fourth-order valence-corrected chi connectivity index (χ4v) is 3.32. The van der Waals surface area contributed by atoms with E-state index in [2.05, 4.69) is 15.6 Å². The van der Waals surface area contributed by atoms with Crippen LogP contribution in [0, 0.1) is 12.8 Å². The van der Waals surface area contributed by atoms with Crippen LogP contribution in [0.5, 0.6) is 0 Å². The van der Waals surface area contributed by atoms with Crippen LogP contribution in [-0.2, 0) is 22.6 Å². The van der Waals surface area contributed by atoms with Crippen LogP contribution >= 0.6 is 11.6 Å². The molecule has 0 fully saturated rings. The lowest BCUT2D eigenvalue weighted by molar-refractivity contribution is -0.120. The fourth-order valence-electron chi connectivity index (χ4n) is 3.11. The highest BCUT2D eigenvalue weighted by atomic mass is 35.5. The predicted molar refractivity (Wildman–Crippen MR) is 122 cm³/mol. The van der Waals surface area contributed by atoms with Gasteiger partial charge in [0.05, 0.1) is 13.0 Å². The number of benzene rings is 2. The maximum Gasteiger partial charge on any atom is 0.226 e. The monoisotopic (exact) mass is 439 g/mol. The van der Waals surface area contributed by atoms with Gasteiger partial charge in [0.25, 0.3) is 0 Å². The molecule has 0 radical (unpaired) electrons. The van der Waals surface area contributed by atoms with Gasteiger partial charge in [-0.2, -0.15) is 0 Å². The van der Waals surface area contributed by atoms with Crippen molar-refractivity contribution in [3.63, 3.8) is 0 Å². The average Bonchev–Trinajstić information content (AvgIpc) is 3.06. The minimum absolute atomic E-state index is 0.0289. The first-order valence-corrected chi connectivity index (χ1v) is 10.6. The fraction of sp³-hybridized carbons (Fsp3) is 0.292. The zero-order valence-electron chi connectivity index (χ0n) is 17.9. The zero-order chi connectivity index (χ0) is 22.4. The summed E-state index contributed by atoms with van der Waals surface area (Å²) in [6, 6.07) is 14.6. The van der Waals surface area contributed by atoms with Gasteiger partial charge in [-0.1, -0.05) is 43.6 Å². The summed E-state index contributed by atoms with van der Waals surface area (Å²) in [7, 11) is 0. The van der Waals surface area contributed by atoms with Gasteiger partial charge >= 0.3 is 0 Å². The Morgan fingerprint density at radius 2 is 1.87 bits per heavy atom. The van der Waals surface area contributed by atoms with Crippen molar-refractivity contribution in [2.75, 3.05) is 5.32 Å². The maximum atomic E-state index is 12.3. The predicted octanol–water partition coefficient (Wildman–Crippen LogP) is 5.15. The number of carbonyl (C=O) groups excluding carboxylic acids is 2. The van der Waals surface area contributed by atoms with Crippen LogP contribution in [0.15, 0.2) is 52.9 Å². The molecule has 3 aromatic rings. The van der Waals surface area contributed by atoms with Crippen LogP contribution in [0.1, 0.15) is 37.3 Å². The van der Waals surface area contributed by atoms with E-state index in [0.717, 1.165) is 11.1 Å². The molecule has 0 atom stereocenters. The number of halogens is 1. The van der Waals surface area contributed by atoms with Crippen molar-refractivity contribution < 1.29 is 14.0 Å². The van der Waals surface area contributed by atoms with Gasteiger partial charge in [-0.05, 0) is 48.7 Å². The number of nitrogens with one attached hydrogen (secondary N) is 2. The molecule has 0 aliphatic carbocycles. The van der Waals surface area contributed by atoms with Crippen LogP contribution in [0.4, 0.5) is 5.69 Å². The van der Waals surface area contributed by atoms with Crippen molar-refractivity contribution in [1.29, 1.82) is 0 Å². The number of aryl methyl sites for hydroxylation is 1. The Bertz CT molecular complexity index is 1080. The zero-order valence-corrected chi connectivity index (χ0v) is 18.6. The summed E-state index contributed by atoms with van der Waals surface area (Å²) >= 11 is 5.97. The third kappa shape index (κ3) is 6.69. The van der Waals surface area contributed by atoms with Crippen LogP contribution in [0.2, 0.25) is 5.02 Å². The molecular weight excluding hydrogens is 414 g/mol. The lowest BCUT2D eigenvalue weighted by Crippen LogP contribution is -2.25. The maximum absolute atomic E-state index is 12.3. The van der Waals surface area contributed by atoms with Crippen LogP contribution in [0.3, 0.4) is 0 Å². The van der Waals surface area contributed by atoms with Crippen LogP contribution in [0.25, 0.3) is 11.5 Å². The molecule has 2 amide bonds. The van der Waals surface area contributed by atoms with E-state index in [1.165, 1.54) is 0 Å². The minimum atomic E-state index is -0.124. The van der Waals surface area contributed by atoms with E-state index in [0.29, 0.717) is 34.5 Å². The smallest absolute Gasteiger partial charge is 0.226 e. The van der Waals surface area contributed by atoms with E-state index in [1.54, 1.807) is 12.1 Å². The molecule has 0 spiro atoms. The molecule has 1 heterocycles. The molecule has 0 aliphatic heterocycles. The quantitative estimate of drug-likeness (QED) is 0.508. The van der Waals surface area contributed by atoms with E-state index in [4.69, 9.17) is 16.0 Å². The first-order chi connectivity index (χ1) is 14.8. The van der Waals surface area contributed by atoms with Gasteiger partial charge in [-0.3, -0.25) is 9.59 Å². The summed E-state index contributed by atoms with van der Waals surface area (Å²) in [5.41, 5.74) is 2.94. The molecule has 0 unspecified atom stereocenters. The molecule has 162 valence electrons. The lowest BCUT2D eigenvalue weighted by atomic mass is 10.1. The Morgan fingerprint density at radius 3 is 2.61 bits per heavy atom. The van der Waals surface area contributed by atoms with Gasteiger partial charge in [0.2, 0.25) is 17.7 Å². The number of rotatable bonds is 8. The van der Waals surface area contributed by atoms with Crippen LogP contribution < -0.4 is 10.6 Å². The van der Waals surface area contributed by atoms with Gasteiger partial charge < -0.3 is 15.1 Å². The molecule has 3 rings (SSSR count). The molecular formula is C24H26ClN3O3. The standard InChI is InChI=1S/C24H26ClN3O3/c1-15(2)10-23(30)27-20-9-5-7-18(13-20)24-28-21(16(3)31-24)14-26-22(29)12-17-6-4-8-19(25)11-17/h4-9,11,13,15H,10,12,14H2,1-3H3,(H,26,29)(H,27,30). The van der Waals surface area contributed by atoms with Gasteiger partial charge in [0.1, 0.15) is 11.5 Å².